The molecule has 0 radical (unpaired) electrons. The van der Waals surface area contributed by atoms with Crippen LogP contribution in [0.2, 0.25) is 0 Å². The Morgan fingerprint density at radius 1 is 1.19 bits per heavy atom. The molecule has 0 aliphatic heterocycles. The van der Waals surface area contributed by atoms with Gasteiger partial charge in [-0.15, -0.1) is 24.0 Å². The van der Waals surface area contributed by atoms with Gasteiger partial charge in [-0.1, -0.05) is 24.3 Å². The third kappa shape index (κ3) is 6.20. The monoisotopic (exact) mass is 547 g/mol. The first-order valence-corrected chi connectivity index (χ1v) is 10.1. The maximum Gasteiger partial charge on any atom is 0.191 e. The fourth-order valence-electron chi connectivity index (χ4n) is 3.22. The summed E-state index contributed by atoms with van der Waals surface area (Å²) in [5.74, 6) is 0.624. The Morgan fingerprint density at radius 2 is 1.91 bits per heavy atom. The quantitative estimate of drug-likeness (QED) is 0.181. The number of aliphatic imine (C=N–C) groups is 1. The minimum absolute atomic E-state index is 0. The van der Waals surface area contributed by atoms with Gasteiger partial charge < -0.3 is 16.4 Å². The van der Waals surface area contributed by atoms with Crippen LogP contribution in [0.5, 0.6) is 0 Å². The van der Waals surface area contributed by atoms with Crippen molar-refractivity contribution >= 4 is 35.8 Å². The van der Waals surface area contributed by atoms with E-state index in [1.165, 1.54) is 27.9 Å². The number of nitriles is 1. The van der Waals surface area contributed by atoms with Crippen molar-refractivity contribution in [1.82, 2.24) is 20.4 Å². The number of aromatic nitrogens is 2. The van der Waals surface area contributed by atoms with Crippen molar-refractivity contribution in [1.29, 1.82) is 5.26 Å². The summed E-state index contributed by atoms with van der Waals surface area (Å²) in [4.78, 5) is 4.25. The van der Waals surface area contributed by atoms with Crippen LogP contribution in [-0.4, -0.2) is 29.3 Å². The van der Waals surface area contributed by atoms with Gasteiger partial charge in [0.05, 0.1) is 11.4 Å². The van der Waals surface area contributed by atoms with Crippen LogP contribution in [0.15, 0.2) is 53.5 Å². The van der Waals surface area contributed by atoms with Gasteiger partial charge in [0.25, 0.3) is 0 Å². The molecular formula is C23H27FIN7. The number of guanidine groups is 1. The van der Waals surface area contributed by atoms with Gasteiger partial charge in [0.2, 0.25) is 0 Å². The second-order valence-electron chi connectivity index (χ2n) is 7.09. The molecule has 2 aromatic carbocycles. The number of hydrogen-bond donors (Lipinski definition) is 3. The van der Waals surface area contributed by atoms with Crippen molar-refractivity contribution in [2.45, 2.75) is 26.3 Å². The second kappa shape index (κ2) is 12.0. The van der Waals surface area contributed by atoms with E-state index < -0.39 is 0 Å². The molecule has 0 fully saturated rings. The van der Waals surface area contributed by atoms with Crippen LogP contribution >= 0.6 is 24.0 Å². The molecule has 7 nitrogen and oxygen atoms in total. The molecule has 0 bridgehead atoms. The number of rotatable bonds is 7. The van der Waals surface area contributed by atoms with E-state index in [0.717, 1.165) is 6.42 Å². The summed E-state index contributed by atoms with van der Waals surface area (Å²) in [6, 6.07) is 16.2. The van der Waals surface area contributed by atoms with E-state index in [4.69, 9.17) is 5.73 Å². The fraction of sp³-hybridized carbons (Fsp3) is 0.261. The molecule has 0 saturated carbocycles. The lowest BCUT2D eigenvalue weighted by atomic mass is 10.1. The Morgan fingerprint density at radius 3 is 2.56 bits per heavy atom. The maximum absolute atomic E-state index is 13.2. The average Bonchev–Trinajstić information content (AvgIpc) is 3.10. The van der Waals surface area contributed by atoms with Crippen LogP contribution in [0, 0.1) is 24.1 Å². The summed E-state index contributed by atoms with van der Waals surface area (Å²) in [7, 11) is 1.73. The van der Waals surface area contributed by atoms with E-state index in [1.807, 2.05) is 12.1 Å². The molecule has 0 unspecified atom stereocenters. The van der Waals surface area contributed by atoms with Crippen molar-refractivity contribution in [2.75, 3.05) is 19.3 Å². The lowest BCUT2D eigenvalue weighted by Crippen LogP contribution is -2.37. The number of nitrogen functional groups attached to an aromatic ring is 1. The first kappa shape index (κ1) is 25.1. The minimum Gasteiger partial charge on any atom is -0.382 e. The summed E-state index contributed by atoms with van der Waals surface area (Å²) in [5, 5.41) is 20.6. The highest BCUT2D eigenvalue weighted by Gasteiger charge is 2.16. The molecule has 0 atom stereocenters. The molecule has 168 valence electrons. The van der Waals surface area contributed by atoms with E-state index in [-0.39, 0.29) is 35.6 Å². The van der Waals surface area contributed by atoms with E-state index in [0.29, 0.717) is 42.4 Å². The minimum atomic E-state index is -0.342. The summed E-state index contributed by atoms with van der Waals surface area (Å²) in [6.07, 6.45) is 1.31. The van der Waals surface area contributed by atoms with Gasteiger partial charge in [0, 0.05) is 20.1 Å². The number of benzene rings is 2. The fourth-order valence-corrected chi connectivity index (χ4v) is 3.22. The molecule has 0 spiro atoms. The SMILES string of the molecule is CN=C(NCCCc1nn(-c2ccc(F)cc2)c(N)c1C#N)NCc1ccccc1C.I. The summed E-state index contributed by atoms with van der Waals surface area (Å²) >= 11 is 0. The topological polar surface area (TPSA) is 104 Å². The molecule has 3 aromatic rings. The lowest BCUT2D eigenvalue weighted by Gasteiger charge is -2.13. The Hall–Kier alpha value is -3.13. The van der Waals surface area contributed by atoms with Crippen LogP contribution in [0.1, 0.15) is 28.8 Å². The molecule has 4 N–H and O–H groups in total. The highest BCUT2D eigenvalue weighted by molar-refractivity contribution is 14.0. The third-order valence-corrected chi connectivity index (χ3v) is 4.99. The highest BCUT2D eigenvalue weighted by Crippen LogP contribution is 2.21. The second-order valence-corrected chi connectivity index (χ2v) is 7.09. The van der Waals surface area contributed by atoms with E-state index >= 15 is 0 Å². The smallest absolute Gasteiger partial charge is 0.191 e. The number of nitrogens with two attached hydrogens (primary N) is 1. The zero-order chi connectivity index (χ0) is 22.2. The molecule has 32 heavy (non-hydrogen) atoms. The predicted octanol–water partition coefficient (Wildman–Crippen LogP) is 3.69. The van der Waals surface area contributed by atoms with E-state index in [1.54, 1.807) is 19.2 Å². The van der Waals surface area contributed by atoms with Crippen LogP contribution in [-0.2, 0) is 13.0 Å². The first-order chi connectivity index (χ1) is 15.0. The molecule has 0 aliphatic rings. The molecular weight excluding hydrogens is 520 g/mol. The molecule has 9 heteroatoms. The Labute approximate surface area is 204 Å². The van der Waals surface area contributed by atoms with Gasteiger partial charge in [-0.25, -0.2) is 9.07 Å². The highest BCUT2D eigenvalue weighted by atomic mass is 127. The van der Waals surface area contributed by atoms with Crippen molar-refractivity contribution in [3.8, 4) is 11.8 Å². The Bertz CT molecular complexity index is 1100. The van der Waals surface area contributed by atoms with Crippen molar-refractivity contribution in [2.24, 2.45) is 4.99 Å². The van der Waals surface area contributed by atoms with Gasteiger partial charge in [-0.3, -0.25) is 4.99 Å². The molecule has 1 aromatic heterocycles. The average molecular weight is 547 g/mol. The molecule has 0 saturated heterocycles. The van der Waals surface area contributed by atoms with Gasteiger partial charge in [0.1, 0.15) is 23.3 Å². The van der Waals surface area contributed by atoms with Crippen molar-refractivity contribution in [3.63, 3.8) is 0 Å². The summed E-state index contributed by atoms with van der Waals surface area (Å²) in [6.45, 7) is 3.42. The number of anilines is 1. The van der Waals surface area contributed by atoms with Crippen molar-refractivity contribution < 1.29 is 4.39 Å². The third-order valence-electron chi connectivity index (χ3n) is 4.99. The normalized spacial score (nSPS) is 10.9. The molecule has 0 amide bonds. The standard InChI is InChI=1S/C23H26FN7.HI/c1-16-6-3-4-7-17(16)15-29-23(27-2)28-13-5-8-21-20(14-25)22(26)31(30-21)19-11-9-18(24)10-12-19;/h3-4,6-7,9-12H,5,8,13,15,26H2,1-2H3,(H2,27,28,29);1H. The van der Waals surface area contributed by atoms with Crippen LogP contribution in [0.3, 0.4) is 0 Å². The van der Waals surface area contributed by atoms with Gasteiger partial charge in [-0.05, 0) is 55.2 Å². The van der Waals surface area contributed by atoms with Crippen LogP contribution in [0.25, 0.3) is 5.69 Å². The van der Waals surface area contributed by atoms with E-state index in [9.17, 15) is 9.65 Å². The predicted molar refractivity (Wildman–Crippen MR) is 136 cm³/mol. The van der Waals surface area contributed by atoms with Crippen LogP contribution < -0.4 is 16.4 Å². The zero-order valence-corrected chi connectivity index (χ0v) is 20.4. The number of nitrogens with one attached hydrogen (secondary N) is 2. The van der Waals surface area contributed by atoms with E-state index in [2.05, 4.69) is 45.9 Å². The Kier molecular flexibility index (Phi) is 9.46. The molecule has 1 heterocycles. The Balaban J connectivity index is 0.00000363. The van der Waals surface area contributed by atoms with Gasteiger partial charge >= 0.3 is 0 Å². The van der Waals surface area contributed by atoms with Gasteiger partial charge in [-0.2, -0.15) is 10.4 Å². The summed E-state index contributed by atoms with van der Waals surface area (Å²) in [5.41, 5.74) is 10.1. The summed E-state index contributed by atoms with van der Waals surface area (Å²) < 4.78 is 14.7. The number of halogens is 2. The first-order valence-electron chi connectivity index (χ1n) is 10.1. The number of nitrogens with zero attached hydrogens (tertiary/aromatic N) is 4. The maximum atomic E-state index is 13.2. The number of hydrogen-bond acceptors (Lipinski definition) is 4. The lowest BCUT2D eigenvalue weighted by molar-refractivity contribution is 0.627. The zero-order valence-electron chi connectivity index (χ0n) is 18.1. The molecule has 3 rings (SSSR count). The largest absolute Gasteiger partial charge is 0.382 e. The van der Waals surface area contributed by atoms with Crippen LogP contribution in [0.4, 0.5) is 10.2 Å². The number of aryl methyl sites for hydroxylation is 2. The van der Waals surface area contributed by atoms with Gasteiger partial charge in [0.15, 0.2) is 5.96 Å². The molecule has 0 aliphatic carbocycles. The van der Waals surface area contributed by atoms with Crippen molar-refractivity contribution in [3.05, 3.63) is 76.7 Å².